The number of nitrogens with zero attached hydrogens (tertiary/aromatic N) is 2. The van der Waals surface area contributed by atoms with E-state index in [1.54, 1.807) is 19.3 Å². The molecular formula is C18H21N3O3. The second-order valence-electron chi connectivity index (χ2n) is 5.31. The summed E-state index contributed by atoms with van der Waals surface area (Å²) in [7, 11) is 1.59. The van der Waals surface area contributed by atoms with Gasteiger partial charge in [-0.2, -0.15) is 5.10 Å². The third kappa shape index (κ3) is 4.81. The first kappa shape index (κ1) is 17.5. The maximum Gasteiger partial charge on any atom is 0.276 e. The summed E-state index contributed by atoms with van der Waals surface area (Å²) in [6, 6.07) is 10.5. The van der Waals surface area contributed by atoms with E-state index < -0.39 is 5.91 Å². The lowest BCUT2D eigenvalue weighted by Crippen LogP contribution is -2.29. The van der Waals surface area contributed by atoms with Crippen molar-refractivity contribution < 1.29 is 9.53 Å². The van der Waals surface area contributed by atoms with E-state index in [0.717, 1.165) is 24.2 Å². The number of aromatic nitrogens is 1. The van der Waals surface area contributed by atoms with E-state index in [4.69, 9.17) is 4.74 Å². The van der Waals surface area contributed by atoms with E-state index in [1.807, 2.05) is 24.3 Å². The zero-order valence-corrected chi connectivity index (χ0v) is 13.9. The Morgan fingerprint density at radius 3 is 2.96 bits per heavy atom. The number of ether oxygens (including phenoxy) is 1. The molecule has 0 spiro atoms. The molecule has 0 fully saturated rings. The number of hydrogen-bond acceptors (Lipinski definition) is 4. The fraction of sp³-hybridized carbons (Fsp3) is 0.278. The molecule has 0 saturated carbocycles. The highest BCUT2D eigenvalue weighted by molar-refractivity contribution is 5.94. The fourth-order valence-electron chi connectivity index (χ4n) is 2.01. The van der Waals surface area contributed by atoms with Gasteiger partial charge in [-0.3, -0.25) is 9.59 Å². The van der Waals surface area contributed by atoms with E-state index in [2.05, 4.69) is 17.5 Å². The summed E-state index contributed by atoms with van der Waals surface area (Å²) in [5.74, 6) is 0.221. The summed E-state index contributed by atoms with van der Waals surface area (Å²) in [5.41, 5.74) is 2.85. The number of pyridine rings is 1. The van der Waals surface area contributed by atoms with Crippen LogP contribution in [0.4, 0.5) is 0 Å². The van der Waals surface area contributed by atoms with Crippen LogP contribution in [0.5, 0.6) is 5.75 Å². The zero-order chi connectivity index (χ0) is 17.4. The molecular weight excluding hydrogens is 306 g/mol. The summed E-state index contributed by atoms with van der Waals surface area (Å²) < 4.78 is 6.96. The molecule has 1 N–H and O–H groups in total. The number of rotatable bonds is 7. The van der Waals surface area contributed by atoms with E-state index in [0.29, 0.717) is 6.61 Å². The van der Waals surface area contributed by atoms with Crippen molar-refractivity contribution in [3.05, 3.63) is 64.1 Å². The Morgan fingerprint density at radius 2 is 2.17 bits per heavy atom. The number of carbonyl (C=O) groups excluding carboxylic acids is 1. The Labute approximate surface area is 140 Å². The first-order chi connectivity index (χ1) is 11.6. The minimum absolute atomic E-state index is 0.0498. The van der Waals surface area contributed by atoms with Crippen molar-refractivity contribution in [2.75, 3.05) is 6.61 Å². The maximum absolute atomic E-state index is 12.0. The lowest BCUT2D eigenvalue weighted by molar-refractivity contribution is 0.0953. The molecule has 0 aliphatic rings. The van der Waals surface area contributed by atoms with Crippen LogP contribution < -0.4 is 15.7 Å². The van der Waals surface area contributed by atoms with Crippen molar-refractivity contribution in [2.24, 2.45) is 12.1 Å². The van der Waals surface area contributed by atoms with Crippen molar-refractivity contribution >= 4 is 12.1 Å². The SMILES string of the molecule is CCCCOc1cccc(/C=N\NC(=O)c2cccn(C)c2=O)c1. The molecule has 0 aliphatic heterocycles. The van der Waals surface area contributed by atoms with Crippen LogP contribution in [0.1, 0.15) is 35.7 Å². The van der Waals surface area contributed by atoms with Crippen LogP contribution in [0.3, 0.4) is 0 Å². The van der Waals surface area contributed by atoms with Gasteiger partial charge in [0.2, 0.25) is 0 Å². The maximum atomic E-state index is 12.0. The smallest absolute Gasteiger partial charge is 0.276 e. The van der Waals surface area contributed by atoms with Gasteiger partial charge in [-0.1, -0.05) is 25.5 Å². The van der Waals surface area contributed by atoms with Gasteiger partial charge in [-0.15, -0.1) is 0 Å². The zero-order valence-electron chi connectivity index (χ0n) is 13.9. The number of benzene rings is 1. The molecule has 1 aromatic carbocycles. The summed E-state index contributed by atoms with van der Waals surface area (Å²) >= 11 is 0. The molecule has 0 radical (unpaired) electrons. The highest BCUT2D eigenvalue weighted by Crippen LogP contribution is 2.12. The number of nitrogens with one attached hydrogen (secondary N) is 1. The van der Waals surface area contributed by atoms with Crippen molar-refractivity contribution in [2.45, 2.75) is 19.8 Å². The third-order valence-corrected chi connectivity index (χ3v) is 3.37. The van der Waals surface area contributed by atoms with Crippen molar-refractivity contribution in [1.29, 1.82) is 0 Å². The molecule has 1 aromatic heterocycles. The van der Waals surface area contributed by atoms with Crippen molar-refractivity contribution in [3.63, 3.8) is 0 Å². The van der Waals surface area contributed by atoms with Gasteiger partial charge in [-0.05, 0) is 36.2 Å². The van der Waals surface area contributed by atoms with Gasteiger partial charge in [0.1, 0.15) is 11.3 Å². The van der Waals surface area contributed by atoms with Gasteiger partial charge in [0.25, 0.3) is 11.5 Å². The third-order valence-electron chi connectivity index (χ3n) is 3.37. The van der Waals surface area contributed by atoms with Crippen LogP contribution in [0.25, 0.3) is 0 Å². The van der Waals surface area contributed by atoms with Gasteiger partial charge >= 0.3 is 0 Å². The molecule has 6 heteroatoms. The quantitative estimate of drug-likeness (QED) is 0.482. The van der Waals surface area contributed by atoms with Crippen molar-refractivity contribution in [1.82, 2.24) is 9.99 Å². The average Bonchev–Trinajstić information content (AvgIpc) is 2.58. The standard InChI is InChI=1S/C18H21N3O3/c1-3-4-11-24-15-8-5-7-14(12-15)13-19-20-17(22)16-9-6-10-21(2)18(16)23/h5-10,12-13H,3-4,11H2,1-2H3,(H,20,22)/b19-13-. The van der Waals surface area contributed by atoms with Crippen LogP contribution >= 0.6 is 0 Å². The van der Waals surface area contributed by atoms with Gasteiger partial charge in [-0.25, -0.2) is 5.43 Å². The van der Waals surface area contributed by atoms with E-state index in [-0.39, 0.29) is 11.1 Å². The van der Waals surface area contributed by atoms with Crippen LogP contribution in [-0.2, 0) is 7.05 Å². The Morgan fingerprint density at radius 1 is 1.33 bits per heavy atom. The van der Waals surface area contributed by atoms with Gasteiger partial charge < -0.3 is 9.30 Å². The highest BCUT2D eigenvalue weighted by Gasteiger charge is 2.09. The number of amides is 1. The second-order valence-corrected chi connectivity index (χ2v) is 5.31. The van der Waals surface area contributed by atoms with Gasteiger partial charge in [0, 0.05) is 13.2 Å². The number of aryl methyl sites for hydroxylation is 1. The molecule has 0 aliphatic carbocycles. The molecule has 0 unspecified atom stereocenters. The van der Waals surface area contributed by atoms with Crippen LogP contribution in [0.15, 0.2) is 52.5 Å². The predicted octanol–water partition coefficient (Wildman–Crippen LogP) is 2.33. The van der Waals surface area contributed by atoms with Crippen molar-refractivity contribution in [3.8, 4) is 5.75 Å². The fourth-order valence-corrected chi connectivity index (χ4v) is 2.01. The van der Waals surface area contributed by atoms with Crippen LogP contribution in [0.2, 0.25) is 0 Å². The summed E-state index contributed by atoms with van der Waals surface area (Å²) in [6.07, 6.45) is 5.18. The first-order valence-electron chi connectivity index (χ1n) is 7.83. The molecule has 0 bridgehead atoms. The predicted molar refractivity (Wildman–Crippen MR) is 93.6 cm³/mol. The van der Waals surface area contributed by atoms with E-state index >= 15 is 0 Å². The topological polar surface area (TPSA) is 72.7 Å². The molecule has 0 saturated heterocycles. The number of unbranched alkanes of at least 4 members (excludes halogenated alkanes) is 1. The molecule has 2 rings (SSSR count). The molecule has 2 aromatic rings. The molecule has 1 heterocycles. The Balaban J connectivity index is 1.98. The monoisotopic (exact) mass is 327 g/mol. The second kappa shape index (κ2) is 8.67. The lowest BCUT2D eigenvalue weighted by Gasteiger charge is -2.05. The number of hydrogen-bond donors (Lipinski definition) is 1. The Kier molecular flexibility index (Phi) is 6.31. The normalized spacial score (nSPS) is 10.8. The van der Waals surface area contributed by atoms with Crippen LogP contribution in [0, 0.1) is 0 Å². The molecule has 24 heavy (non-hydrogen) atoms. The molecule has 6 nitrogen and oxygen atoms in total. The largest absolute Gasteiger partial charge is 0.494 e. The summed E-state index contributed by atoms with van der Waals surface area (Å²) in [5, 5.41) is 3.90. The molecule has 0 atom stereocenters. The Hall–Kier alpha value is -2.89. The van der Waals surface area contributed by atoms with Gasteiger partial charge in [0.15, 0.2) is 0 Å². The highest BCUT2D eigenvalue weighted by atomic mass is 16.5. The Bertz CT molecular complexity index is 781. The number of hydrazone groups is 1. The minimum atomic E-state index is -0.539. The average molecular weight is 327 g/mol. The summed E-state index contributed by atoms with van der Waals surface area (Å²) in [6.45, 7) is 2.78. The minimum Gasteiger partial charge on any atom is -0.494 e. The molecule has 126 valence electrons. The molecule has 1 amide bonds. The van der Waals surface area contributed by atoms with Gasteiger partial charge in [0.05, 0.1) is 12.8 Å². The van der Waals surface area contributed by atoms with E-state index in [1.165, 1.54) is 16.8 Å². The summed E-state index contributed by atoms with van der Waals surface area (Å²) in [4.78, 5) is 23.8. The first-order valence-corrected chi connectivity index (χ1v) is 7.83. The van der Waals surface area contributed by atoms with Crippen LogP contribution in [-0.4, -0.2) is 23.3 Å². The lowest BCUT2D eigenvalue weighted by atomic mass is 10.2. The van der Waals surface area contributed by atoms with E-state index in [9.17, 15) is 9.59 Å². The number of carbonyl (C=O) groups is 1.